The van der Waals surface area contributed by atoms with Crippen molar-refractivity contribution in [3.8, 4) is 11.5 Å². The highest BCUT2D eigenvalue weighted by atomic mass is 32.1. The summed E-state index contributed by atoms with van der Waals surface area (Å²) < 4.78 is 10.8. The molecular weight excluding hydrogens is 460 g/mol. The highest BCUT2D eigenvalue weighted by Gasteiger charge is 2.34. The normalized spacial score (nSPS) is 20.3. The van der Waals surface area contributed by atoms with Gasteiger partial charge in [-0.25, -0.2) is 4.98 Å². The van der Waals surface area contributed by atoms with E-state index < -0.39 is 0 Å². The van der Waals surface area contributed by atoms with Gasteiger partial charge >= 0.3 is 0 Å². The number of nitrogens with one attached hydrogen (secondary N) is 1. The lowest BCUT2D eigenvalue weighted by Gasteiger charge is -2.39. The standard InChI is InChI=1S/C27H30N4O3S/c32-26(29-17-19-3-8-24-25(16-19)34-18-33-24)20-4-6-21(7-5-20)30-13-9-22(10-14-30)31-12-1-2-23(31)27-28-11-15-35-27/h3-8,11,15-16,22-23H,1-2,9-10,12-14,17-18H2,(H,29,32). The number of rotatable bonds is 6. The Labute approximate surface area is 209 Å². The van der Waals surface area contributed by atoms with Crippen molar-refractivity contribution in [1.29, 1.82) is 0 Å². The number of carbonyl (C=O) groups excluding carboxylic acids is 1. The molecule has 3 aliphatic heterocycles. The molecule has 35 heavy (non-hydrogen) atoms. The second-order valence-electron chi connectivity index (χ2n) is 9.40. The van der Waals surface area contributed by atoms with E-state index >= 15 is 0 Å². The van der Waals surface area contributed by atoms with Crippen LogP contribution in [0.15, 0.2) is 54.0 Å². The molecule has 8 heteroatoms. The van der Waals surface area contributed by atoms with Crippen molar-refractivity contribution in [2.45, 2.75) is 44.3 Å². The first kappa shape index (κ1) is 22.4. The van der Waals surface area contributed by atoms with Crippen LogP contribution in [0.3, 0.4) is 0 Å². The molecule has 1 atom stereocenters. The van der Waals surface area contributed by atoms with E-state index in [1.807, 2.05) is 36.5 Å². The van der Waals surface area contributed by atoms with E-state index in [4.69, 9.17) is 9.47 Å². The van der Waals surface area contributed by atoms with Gasteiger partial charge in [-0.2, -0.15) is 0 Å². The van der Waals surface area contributed by atoms with Crippen LogP contribution in [0.1, 0.15) is 52.7 Å². The van der Waals surface area contributed by atoms with E-state index in [9.17, 15) is 4.79 Å². The number of hydrogen-bond donors (Lipinski definition) is 1. The van der Waals surface area contributed by atoms with Gasteiger partial charge in [0, 0.05) is 48.5 Å². The van der Waals surface area contributed by atoms with Gasteiger partial charge in [0.05, 0.1) is 6.04 Å². The summed E-state index contributed by atoms with van der Waals surface area (Å²) in [4.78, 5) is 22.4. The average Bonchev–Trinajstić information content (AvgIpc) is 3.68. The Morgan fingerprint density at radius 1 is 1.03 bits per heavy atom. The zero-order valence-electron chi connectivity index (χ0n) is 19.7. The zero-order valence-corrected chi connectivity index (χ0v) is 20.5. The number of ether oxygens (including phenoxy) is 2. The van der Waals surface area contributed by atoms with E-state index in [2.05, 4.69) is 37.6 Å². The van der Waals surface area contributed by atoms with E-state index in [0.717, 1.165) is 30.2 Å². The number of hydrogen-bond acceptors (Lipinski definition) is 7. The van der Waals surface area contributed by atoms with Crippen molar-refractivity contribution in [3.63, 3.8) is 0 Å². The van der Waals surface area contributed by atoms with E-state index in [0.29, 0.717) is 24.2 Å². The Balaban J connectivity index is 1.02. The van der Waals surface area contributed by atoms with Crippen molar-refractivity contribution in [1.82, 2.24) is 15.2 Å². The van der Waals surface area contributed by atoms with Crippen LogP contribution in [0.25, 0.3) is 0 Å². The number of nitrogens with zero attached hydrogens (tertiary/aromatic N) is 3. The first-order chi connectivity index (χ1) is 17.2. The number of benzene rings is 2. The van der Waals surface area contributed by atoms with Crippen LogP contribution in [-0.4, -0.2) is 48.3 Å². The summed E-state index contributed by atoms with van der Waals surface area (Å²) in [5.41, 5.74) is 2.85. The fraction of sp³-hybridized carbons (Fsp3) is 0.407. The van der Waals surface area contributed by atoms with Crippen LogP contribution in [0.4, 0.5) is 5.69 Å². The maximum atomic E-state index is 12.7. The Kier molecular flexibility index (Phi) is 6.31. The Hall–Kier alpha value is -3.10. The largest absolute Gasteiger partial charge is 0.454 e. The topological polar surface area (TPSA) is 66.9 Å². The molecule has 0 aliphatic carbocycles. The first-order valence-corrected chi connectivity index (χ1v) is 13.3. The van der Waals surface area contributed by atoms with Crippen LogP contribution in [0, 0.1) is 0 Å². The maximum Gasteiger partial charge on any atom is 0.251 e. The van der Waals surface area contributed by atoms with Gasteiger partial charge < -0.3 is 19.7 Å². The molecule has 182 valence electrons. The molecule has 1 N–H and O–H groups in total. The number of anilines is 1. The Morgan fingerprint density at radius 2 is 1.86 bits per heavy atom. The summed E-state index contributed by atoms with van der Waals surface area (Å²) in [5.74, 6) is 1.41. The van der Waals surface area contributed by atoms with Gasteiger partial charge in [0.15, 0.2) is 11.5 Å². The summed E-state index contributed by atoms with van der Waals surface area (Å²) in [5, 5.41) is 6.37. The second kappa shape index (κ2) is 9.87. The fourth-order valence-electron chi connectivity index (χ4n) is 5.50. The number of aromatic nitrogens is 1. The molecule has 3 aromatic rings. The highest BCUT2D eigenvalue weighted by molar-refractivity contribution is 7.09. The third kappa shape index (κ3) is 4.73. The summed E-state index contributed by atoms with van der Waals surface area (Å²) in [7, 11) is 0. The van der Waals surface area contributed by atoms with Gasteiger partial charge in [-0.1, -0.05) is 6.07 Å². The van der Waals surface area contributed by atoms with Crippen molar-refractivity contribution >= 4 is 22.9 Å². The van der Waals surface area contributed by atoms with Crippen LogP contribution < -0.4 is 19.7 Å². The number of carbonyl (C=O) groups is 1. The van der Waals surface area contributed by atoms with Crippen LogP contribution in [0.2, 0.25) is 0 Å². The monoisotopic (exact) mass is 490 g/mol. The molecule has 2 fully saturated rings. The molecule has 0 spiro atoms. The Morgan fingerprint density at radius 3 is 2.66 bits per heavy atom. The van der Waals surface area contributed by atoms with Gasteiger partial charge in [-0.3, -0.25) is 9.69 Å². The summed E-state index contributed by atoms with van der Waals surface area (Å²) >= 11 is 1.79. The predicted octanol–water partition coefficient (Wildman–Crippen LogP) is 4.61. The van der Waals surface area contributed by atoms with Crippen LogP contribution in [-0.2, 0) is 6.54 Å². The number of fused-ring (bicyclic) bond motifs is 1. The van der Waals surface area contributed by atoms with Crippen molar-refractivity contribution in [3.05, 3.63) is 70.2 Å². The minimum absolute atomic E-state index is 0.0739. The van der Waals surface area contributed by atoms with Crippen LogP contribution in [0.5, 0.6) is 11.5 Å². The number of piperidine rings is 1. The van der Waals surface area contributed by atoms with Gasteiger partial charge in [-0.15, -0.1) is 11.3 Å². The highest BCUT2D eigenvalue weighted by Crippen LogP contribution is 2.37. The van der Waals surface area contributed by atoms with Crippen molar-refractivity contribution in [2.24, 2.45) is 0 Å². The van der Waals surface area contributed by atoms with Gasteiger partial charge in [0.2, 0.25) is 6.79 Å². The number of amides is 1. The molecule has 7 nitrogen and oxygen atoms in total. The average molecular weight is 491 g/mol. The molecule has 6 rings (SSSR count). The number of likely N-dealkylation sites (tertiary alicyclic amines) is 1. The number of thiazole rings is 1. The Bertz CT molecular complexity index is 1160. The van der Waals surface area contributed by atoms with Crippen molar-refractivity contribution in [2.75, 3.05) is 31.3 Å². The minimum Gasteiger partial charge on any atom is -0.454 e. The summed E-state index contributed by atoms with van der Waals surface area (Å²) in [6, 6.07) is 14.9. The van der Waals surface area contributed by atoms with Crippen molar-refractivity contribution < 1.29 is 14.3 Å². The van der Waals surface area contributed by atoms with Gasteiger partial charge in [0.25, 0.3) is 5.91 Å². The van der Waals surface area contributed by atoms with Crippen LogP contribution >= 0.6 is 11.3 Å². The van der Waals surface area contributed by atoms with E-state index in [-0.39, 0.29) is 12.7 Å². The molecular formula is C27H30N4O3S. The molecule has 2 aromatic carbocycles. The smallest absolute Gasteiger partial charge is 0.251 e. The quantitative estimate of drug-likeness (QED) is 0.545. The third-order valence-corrected chi connectivity index (χ3v) is 8.23. The maximum absolute atomic E-state index is 12.7. The second-order valence-corrected chi connectivity index (χ2v) is 10.3. The fourth-order valence-corrected chi connectivity index (χ4v) is 6.30. The molecule has 0 radical (unpaired) electrons. The minimum atomic E-state index is -0.0739. The van der Waals surface area contributed by atoms with Gasteiger partial charge in [0.1, 0.15) is 5.01 Å². The molecule has 1 amide bonds. The molecule has 1 aromatic heterocycles. The molecule has 1 unspecified atom stereocenters. The first-order valence-electron chi connectivity index (χ1n) is 12.4. The molecule has 0 bridgehead atoms. The summed E-state index contributed by atoms with van der Waals surface area (Å²) in [6.07, 6.45) is 6.76. The lowest BCUT2D eigenvalue weighted by Crippen LogP contribution is -2.44. The molecule has 3 aliphatic rings. The lowest BCUT2D eigenvalue weighted by atomic mass is 10.0. The van der Waals surface area contributed by atoms with E-state index in [1.54, 1.807) is 11.3 Å². The predicted molar refractivity (Wildman–Crippen MR) is 136 cm³/mol. The van der Waals surface area contributed by atoms with Gasteiger partial charge in [-0.05, 0) is 74.2 Å². The third-order valence-electron chi connectivity index (χ3n) is 7.35. The molecule has 2 saturated heterocycles. The lowest BCUT2D eigenvalue weighted by molar-refractivity contribution is 0.0951. The SMILES string of the molecule is O=C(NCc1ccc2c(c1)OCO2)c1ccc(N2CCC(N3CCCC3c3nccs3)CC2)cc1. The molecule has 0 saturated carbocycles. The summed E-state index contributed by atoms with van der Waals surface area (Å²) in [6.45, 7) is 3.97. The molecule has 4 heterocycles. The van der Waals surface area contributed by atoms with E-state index in [1.165, 1.54) is 42.9 Å². The zero-order chi connectivity index (χ0) is 23.6.